The lowest BCUT2D eigenvalue weighted by Gasteiger charge is -2.18. The first-order chi connectivity index (χ1) is 12.5. The van der Waals surface area contributed by atoms with Crippen molar-refractivity contribution < 1.29 is 19.1 Å². The third-order valence-electron chi connectivity index (χ3n) is 4.18. The highest BCUT2D eigenvalue weighted by molar-refractivity contribution is 5.97. The molecule has 0 saturated heterocycles. The number of Topliss-reactive ketones (excluding diaryl/α,β-unsaturated/α-hetero) is 1. The maximum Gasteiger partial charge on any atom is 0.224 e. The van der Waals surface area contributed by atoms with Crippen LogP contribution >= 0.6 is 0 Å². The zero-order valence-electron chi connectivity index (χ0n) is 15.1. The number of amides is 1. The van der Waals surface area contributed by atoms with Gasteiger partial charge in [0.05, 0.1) is 0 Å². The van der Waals surface area contributed by atoms with Gasteiger partial charge in [0.25, 0.3) is 0 Å². The van der Waals surface area contributed by atoms with E-state index in [-0.39, 0.29) is 11.7 Å². The summed E-state index contributed by atoms with van der Waals surface area (Å²) in [6, 6.07) is 11.1. The topological polar surface area (TPSA) is 64.6 Å². The van der Waals surface area contributed by atoms with Gasteiger partial charge >= 0.3 is 0 Å². The van der Waals surface area contributed by atoms with Crippen LogP contribution in [0.4, 0.5) is 5.69 Å². The van der Waals surface area contributed by atoms with Crippen molar-refractivity contribution in [1.82, 2.24) is 0 Å². The second kappa shape index (κ2) is 8.04. The Balaban J connectivity index is 1.49. The first kappa shape index (κ1) is 18.0. The number of carbonyl (C=O) groups is 2. The van der Waals surface area contributed by atoms with Gasteiger partial charge in [0, 0.05) is 24.1 Å². The number of ether oxygens (including phenoxy) is 2. The van der Waals surface area contributed by atoms with E-state index in [1.165, 1.54) is 0 Å². The van der Waals surface area contributed by atoms with E-state index < -0.39 is 0 Å². The average molecular weight is 353 g/mol. The summed E-state index contributed by atoms with van der Waals surface area (Å²) in [5, 5.41) is 2.89. The van der Waals surface area contributed by atoms with E-state index >= 15 is 0 Å². The summed E-state index contributed by atoms with van der Waals surface area (Å²) >= 11 is 0. The van der Waals surface area contributed by atoms with Gasteiger partial charge in [-0.15, -0.1) is 0 Å². The number of nitrogens with one attached hydrogen (secondary N) is 1. The lowest BCUT2D eigenvalue weighted by Crippen LogP contribution is -2.16. The summed E-state index contributed by atoms with van der Waals surface area (Å²) in [4.78, 5) is 24.4. The summed E-state index contributed by atoms with van der Waals surface area (Å²) in [5.74, 6) is 1.20. The molecule has 0 unspecified atom stereocenters. The van der Waals surface area contributed by atoms with Gasteiger partial charge in [-0.2, -0.15) is 0 Å². The molecule has 0 saturated carbocycles. The smallest absolute Gasteiger partial charge is 0.224 e. The van der Waals surface area contributed by atoms with Crippen molar-refractivity contribution in [1.29, 1.82) is 0 Å². The molecule has 3 rings (SSSR count). The van der Waals surface area contributed by atoms with Crippen LogP contribution in [-0.4, -0.2) is 24.9 Å². The molecule has 1 amide bonds. The van der Waals surface area contributed by atoms with Crippen molar-refractivity contribution in [3.05, 3.63) is 53.1 Å². The number of fused-ring (bicyclic) bond motifs is 1. The number of benzene rings is 2. The zero-order valence-corrected chi connectivity index (χ0v) is 15.1. The van der Waals surface area contributed by atoms with Crippen LogP contribution < -0.4 is 14.8 Å². The van der Waals surface area contributed by atoms with Crippen LogP contribution in [0.2, 0.25) is 0 Å². The van der Waals surface area contributed by atoms with Gasteiger partial charge in [0.15, 0.2) is 17.3 Å². The van der Waals surface area contributed by atoms with E-state index in [4.69, 9.17) is 9.47 Å². The minimum atomic E-state index is -0.0787. The minimum absolute atomic E-state index is 0.00109. The van der Waals surface area contributed by atoms with Crippen LogP contribution in [-0.2, 0) is 4.79 Å². The van der Waals surface area contributed by atoms with E-state index in [0.717, 1.165) is 16.8 Å². The molecule has 1 heterocycles. The van der Waals surface area contributed by atoms with E-state index in [1.807, 2.05) is 26.0 Å². The molecule has 136 valence electrons. The Bertz CT molecular complexity index is 809. The molecule has 0 aliphatic carbocycles. The zero-order chi connectivity index (χ0) is 18.5. The number of hydrogen-bond acceptors (Lipinski definition) is 4. The van der Waals surface area contributed by atoms with Gasteiger partial charge in [0.2, 0.25) is 5.91 Å². The molecular weight excluding hydrogens is 330 g/mol. The van der Waals surface area contributed by atoms with Crippen molar-refractivity contribution in [2.75, 3.05) is 18.5 Å². The largest absolute Gasteiger partial charge is 0.486 e. The molecule has 26 heavy (non-hydrogen) atoms. The molecule has 2 aromatic rings. The van der Waals surface area contributed by atoms with Crippen molar-refractivity contribution in [3.8, 4) is 11.5 Å². The Labute approximate surface area is 153 Å². The van der Waals surface area contributed by atoms with Crippen LogP contribution in [0.5, 0.6) is 11.5 Å². The summed E-state index contributed by atoms with van der Waals surface area (Å²) in [5.41, 5.74) is 3.60. The van der Waals surface area contributed by atoms with Gasteiger partial charge in [-0.3, -0.25) is 9.59 Å². The average Bonchev–Trinajstić information content (AvgIpc) is 2.60. The standard InChI is InChI=1S/C21H23NO4/c1-14-10-15(2)12-17(11-14)22-21(24)5-3-4-18(23)16-6-7-19-20(13-16)26-9-8-25-19/h6-7,10-13H,3-5,8-9H2,1-2H3,(H,22,24). The van der Waals surface area contributed by atoms with Gasteiger partial charge in [-0.25, -0.2) is 0 Å². The van der Waals surface area contributed by atoms with Gasteiger partial charge in [-0.1, -0.05) is 6.07 Å². The van der Waals surface area contributed by atoms with E-state index in [2.05, 4.69) is 11.4 Å². The number of ketones is 1. The summed E-state index contributed by atoms with van der Waals surface area (Å²) < 4.78 is 11.0. The fourth-order valence-corrected chi connectivity index (χ4v) is 3.04. The lowest BCUT2D eigenvalue weighted by atomic mass is 10.0. The normalized spacial score (nSPS) is 12.5. The van der Waals surface area contributed by atoms with Crippen molar-refractivity contribution in [2.45, 2.75) is 33.1 Å². The molecule has 0 atom stereocenters. The quantitative estimate of drug-likeness (QED) is 0.795. The Morgan fingerprint density at radius 3 is 2.35 bits per heavy atom. The third kappa shape index (κ3) is 4.63. The number of rotatable bonds is 6. The second-order valence-electron chi connectivity index (χ2n) is 6.56. The van der Waals surface area contributed by atoms with Crippen LogP contribution in [0, 0.1) is 13.8 Å². The van der Waals surface area contributed by atoms with Gasteiger partial charge in [-0.05, 0) is 61.7 Å². The van der Waals surface area contributed by atoms with Crippen LogP contribution in [0.3, 0.4) is 0 Å². The molecule has 0 fully saturated rings. The Morgan fingerprint density at radius 2 is 1.62 bits per heavy atom. The van der Waals surface area contributed by atoms with Crippen LogP contribution in [0.25, 0.3) is 0 Å². The van der Waals surface area contributed by atoms with Gasteiger partial charge < -0.3 is 14.8 Å². The molecular formula is C21H23NO4. The monoisotopic (exact) mass is 353 g/mol. The van der Waals surface area contributed by atoms with Crippen LogP contribution in [0.15, 0.2) is 36.4 Å². The SMILES string of the molecule is Cc1cc(C)cc(NC(=O)CCCC(=O)c2ccc3c(c2)OCCO3)c1. The van der Waals surface area contributed by atoms with Crippen molar-refractivity contribution in [2.24, 2.45) is 0 Å². The number of hydrogen-bond donors (Lipinski definition) is 1. The summed E-state index contributed by atoms with van der Waals surface area (Å²) in [7, 11) is 0. The van der Waals surface area contributed by atoms with E-state index in [0.29, 0.717) is 49.5 Å². The predicted molar refractivity (Wildman–Crippen MR) is 100 cm³/mol. The molecule has 0 spiro atoms. The van der Waals surface area contributed by atoms with Crippen LogP contribution in [0.1, 0.15) is 40.7 Å². The molecule has 1 aliphatic heterocycles. The van der Waals surface area contributed by atoms with Gasteiger partial charge in [0.1, 0.15) is 13.2 Å². The van der Waals surface area contributed by atoms with Crippen molar-refractivity contribution >= 4 is 17.4 Å². The molecule has 0 aromatic heterocycles. The number of anilines is 1. The minimum Gasteiger partial charge on any atom is -0.486 e. The second-order valence-corrected chi connectivity index (χ2v) is 6.56. The summed E-state index contributed by atoms with van der Waals surface area (Å²) in [6.07, 6.45) is 1.13. The molecule has 5 heteroatoms. The fourth-order valence-electron chi connectivity index (χ4n) is 3.04. The maximum atomic E-state index is 12.3. The molecule has 2 aromatic carbocycles. The fraction of sp³-hybridized carbons (Fsp3) is 0.333. The van der Waals surface area contributed by atoms with E-state index in [1.54, 1.807) is 18.2 Å². The number of aryl methyl sites for hydroxylation is 2. The highest BCUT2D eigenvalue weighted by Gasteiger charge is 2.15. The Hall–Kier alpha value is -2.82. The molecule has 5 nitrogen and oxygen atoms in total. The number of carbonyl (C=O) groups excluding carboxylic acids is 2. The summed E-state index contributed by atoms with van der Waals surface area (Å²) in [6.45, 7) is 5.00. The Kier molecular flexibility index (Phi) is 5.56. The molecule has 1 N–H and O–H groups in total. The molecule has 1 aliphatic rings. The first-order valence-electron chi connectivity index (χ1n) is 8.82. The predicted octanol–water partition coefficient (Wildman–Crippen LogP) is 4.07. The highest BCUT2D eigenvalue weighted by atomic mass is 16.6. The van der Waals surface area contributed by atoms with Crippen molar-refractivity contribution in [3.63, 3.8) is 0 Å². The molecule has 0 radical (unpaired) electrons. The first-order valence-corrected chi connectivity index (χ1v) is 8.82. The molecule has 0 bridgehead atoms. The Morgan fingerprint density at radius 1 is 0.923 bits per heavy atom. The maximum absolute atomic E-state index is 12.3. The highest BCUT2D eigenvalue weighted by Crippen LogP contribution is 2.31. The lowest BCUT2D eigenvalue weighted by molar-refractivity contribution is -0.116. The third-order valence-corrected chi connectivity index (χ3v) is 4.18. The van der Waals surface area contributed by atoms with E-state index in [9.17, 15) is 9.59 Å².